The molecule has 0 bridgehead atoms. The summed E-state index contributed by atoms with van der Waals surface area (Å²) in [5, 5.41) is 50.7. The molecule has 1 aliphatic heterocycles. The summed E-state index contributed by atoms with van der Waals surface area (Å²) < 4.78 is -0.740. The maximum Gasteiger partial charge on any atom is 0.307 e. The second-order valence-electron chi connectivity index (χ2n) is 30.9. The molecule has 4 aromatic rings. The predicted octanol–water partition coefficient (Wildman–Crippen LogP) is 0.319. The Balaban J connectivity index is 1.73. The van der Waals surface area contributed by atoms with Crippen LogP contribution in [0.5, 0.6) is 0 Å². The highest BCUT2D eigenvalue weighted by Gasteiger charge is 2.45. The van der Waals surface area contributed by atoms with Crippen molar-refractivity contribution in [1.29, 1.82) is 0 Å². The Kier molecular flexibility index (Phi) is 36.7. The van der Waals surface area contributed by atoms with E-state index < -0.39 is 171 Å². The van der Waals surface area contributed by atoms with Crippen LogP contribution in [-0.2, 0) is 70.4 Å². The monoisotopic (exact) mass is 1640 g/mol. The topological polar surface area (TPSA) is 611 Å². The third-order valence-corrected chi connectivity index (χ3v) is 23.2. The lowest BCUT2D eigenvalue weighted by Gasteiger charge is -2.37. The van der Waals surface area contributed by atoms with Crippen molar-refractivity contribution < 1.29 is 67.7 Å². The summed E-state index contributed by atoms with van der Waals surface area (Å²) in [6, 6.07) is 6.46. The van der Waals surface area contributed by atoms with Gasteiger partial charge in [-0.2, -0.15) is 0 Å². The normalized spacial score (nSPS) is 20.3. The van der Waals surface area contributed by atoms with Crippen molar-refractivity contribution >= 4 is 148 Å². The number of nitrogens with two attached hydrogens (primary N) is 8. The first-order valence-corrected chi connectivity index (χ1v) is 40.8. The Morgan fingerprint density at radius 1 is 0.579 bits per heavy atom. The van der Waals surface area contributed by atoms with Crippen LogP contribution in [0.25, 0.3) is 20.9 Å². The Bertz CT molecular complexity index is 4160. The number of guanidine groups is 4. The molecule has 12 atom stereocenters. The number of aliphatic hydroxyl groups excluding tert-OH is 1. The number of amides is 9. The number of Topliss-reactive ketones (excluding diaryl/α,β-unsaturated/α-hetero) is 2. The maximum atomic E-state index is 16.0. The van der Waals surface area contributed by atoms with E-state index in [-0.39, 0.29) is 120 Å². The van der Waals surface area contributed by atoms with E-state index in [4.69, 9.17) is 45.9 Å². The van der Waals surface area contributed by atoms with E-state index in [1.165, 1.54) is 18.3 Å². The van der Waals surface area contributed by atoms with E-state index in [1.807, 2.05) is 54.6 Å². The number of nitrogens with one attached hydrogen (secondary N) is 9. The van der Waals surface area contributed by atoms with Gasteiger partial charge in [0.2, 0.25) is 53.2 Å². The number of hydrogen-bond acceptors (Lipinski definition) is 20. The molecule has 1 aliphatic rings. The largest absolute Gasteiger partial charge is 0.481 e. The minimum atomic E-state index is -1.74. The van der Waals surface area contributed by atoms with E-state index in [2.05, 4.69) is 67.8 Å². The van der Waals surface area contributed by atoms with Crippen molar-refractivity contribution in [3.05, 3.63) is 83.2 Å². The number of ketones is 2. The second-order valence-corrected chi connectivity index (χ2v) is 34.8. The molecule has 1 unspecified atom stereocenters. The summed E-state index contributed by atoms with van der Waals surface area (Å²) in [6.07, 6.45) is -3.47. The first-order chi connectivity index (χ1) is 53.4. The van der Waals surface area contributed by atoms with E-state index in [0.29, 0.717) is 16.5 Å². The van der Waals surface area contributed by atoms with Gasteiger partial charge in [0.1, 0.15) is 42.3 Å². The standard InChI is InChI=1S/C76H115N21O14S3/c1-40(98)47(61(102)90-49(22-15-29-85-70(77)78)56(100)37-48(69(110)111)74(3,4)5)36-57(101)59(75(6,7)8)96-68(109)60-76(9,10)114-113-39-55(89-41(2)99)67(108)93-51(24-17-31-87-72(81)82)63(104)91-50(23-16-30-86-71(79)80)62(103)92-52(25-18-32-88-73(83)84)64(105)94-53(34-42-27-28-43-19-11-12-20-44(43)33-42)65(106)95-54(66(107)97-60)35-45-38-112-58-26-14-13-21-46(45)58/h11-14,19-21,26-28,33,38,40,47-55,59-60,98H,15-18,22-25,29-32,34-37,39H2,1-10H3,(H,89,99)(H,90,102)(H,91,104)(H,92,103)(H,93,108)(H,94,105)(H,95,106)(H,96,109)(H,97,107)(H,110,111)(H4,77,78,85)(H4,79,80,86)(H4,81,82,87)(H4,83,84,88)/t40?,47-,48+,49-,50-,51+,52-,53-,54-,55-,59+,60+/m0/s1. The first-order valence-electron chi connectivity index (χ1n) is 37.6. The number of aliphatic imine (C=N–C) groups is 4. The number of carbonyl (C=O) groups excluding carboxylic acids is 11. The van der Waals surface area contributed by atoms with Crippen molar-refractivity contribution in [3.63, 3.8) is 0 Å². The number of carboxylic acids is 1. The number of hydrogen-bond donors (Lipinski definition) is 19. The predicted molar refractivity (Wildman–Crippen MR) is 444 cm³/mol. The van der Waals surface area contributed by atoms with Gasteiger partial charge in [-0.1, -0.05) is 124 Å². The molecule has 35 nitrogen and oxygen atoms in total. The lowest BCUT2D eigenvalue weighted by atomic mass is 9.77. The molecule has 0 aliphatic carbocycles. The highest BCUT2D eigenvalue weighted by Crippen LogP contribution is 2.40. The molecule has 1 fully saturated rings. The van der Waals surface area contributed by atoms with Crippen molar-refractivity contribution in [1.82, 2.24) is 47.9 Å². The average Bonchev–Trinajstić information content (AvgIpc) is 1.41. The van der Waals surface area contributed by atoms with Crippen LogP contribution in [0.2, 0.25) is 0 Å². The third-order valence-electron chi connectivity index (χ3n) is 18.9. The zero-order valence-electron chi connectivity index (χ0n) is 66.3. The van der Waals surface area contributed by atoms with Crippen LogP contribution < -0.4 is 93.7 Å². The van der Waals surface area contributed by atoms with E-state index in [0.717, 1.165) is 44.0 Å². The van der Waals surface area contributed by atoms with Crippen molar-refractivity contribution in [2.45, 2.75) is 212 Å². The zero-order chi connectivity index (χ0) is 84.9. The maximum absolute atomic E-state index is 16.0. The Morgan fingerprint density at radius 2 is 1.05 bits per heavy atom. The van der Waals surface area contributed by atoms with Crippen LogP contribution >= 0.6 is 32.9 Å². The van der Waals surface area contributed by atoms with Crippen LogP contribution in [0.4, 0.5) is 0 Å². The smallest absolute Gasteiger partial charge is 0.307 e. The number of carboxylic acid groups (broad SMARTS) is 1. The van der Waals surface area contributed by atoms with Gasteiger partial charge in [-0.3, -0.25) is 77.5 Å². The SMILES string of the molecule is CC(=O)N[C@H]1CSSC(C)(C)[C@@H](C(=O)N[C@H](C(=O)C[C@H](C(=O)N[C@@H](CCCN=C(N)N)C(=O)C[C@H](C(=O)O)C(C)(C)C)C(C)O)C(C)(C)C)NC(=O)[C@H](Cc2csc3ccccc23)NC(=O)[C@H](Cc2ccc3ccccc3c2)NC(=O)[C@H](CCCN=C(N)N)NC(=O)[C@H](CCCN=C(N)N)NC(=O)[C@@H](CCCN=C(N)N)NC1=O. The molecule has 1 aromatic heterocycles. The Morgan fingerprint density at radius 3 is 1.55 bits per heavy atom. The molecule has 0 saturated carbocycles. The van der Waals surface area contributed by atoms with Gasteiger partial charge < -0.3 is 104 Å². The van der Waals surface area contributed by atoms with Gasteiger partial charge >= 0.3 is 5.97 Å². The fraction of sp³-hybridized carbons (Fsp3) is 0.553. The quantitative estimate of drug-likeness (QED) is 0.0132. The molecule has 27 N–H and O–H groups in total. The van der Waals surface area contributed by atoms with E-state index >= 15 is 24.0 Å². The number of benzene rings is 3. The number of aliphatic hydroxyl groups is 1. The molecule has 3 aromatic carbocycles. The fourth-order valence-corrected chi connectivity index (χ4v) is 16.5. The van der Waals surface area contributed by atoms with Gasteiger partial charge in [0.05, 0.1) is 30.0 Å². The zero-order valence-corrected chi connectivity index (χ0v) is 68.8. The van der Waals surface area contributed by atoms with Crippen molar-refractivity contribution in [2.24, 2.45) is 88.5 Å². The van der Waals surface area contributed by atoms with Gasteiger partial charge in [0.15, 0.2) is 35.4 Å². The highest BCUT2D eigenvalue weighted by atomic mass is 33.1. The first kappa shape index (κ1) is 94.3. The Labute approximate surface area is 675 Å². The van der Waals surface area contributed by atoms with Gasteiger partial charge in [0.25, 0.3) is 0 Å². The molecule has 2 heterocycles. The van der Waals surface area contributed by atoms with Crippen LogP contribution in [0.1, 0.15) is 145 Å². The molecule has 0 spiro atoms. The Hall–Kier alpha value is -10.3. The summed E-state index contributed by atoms with van der Waals surface area (Å²) in [6.45, 7) is 15.3. The average molecular weight is 1640 g/mol. The minimum Gasteiger partial charge on any atom is -0.481 e. The minimum absolute atomic E-state index is 0.0190. The van der Waals surface area contributed by atoms with E-state index in [9.17, 15) is 43.8 Å². The van der Waals surface area contributed by atoms with Crippen molar-refractivity contribution in [3.8, 4) is 0 Å². The number of rotatable bonds is 33. The molecule has 9 amide bonds. The second kappa shape index (κ2) is 44.4. The van der Waals surface area contributed by atoms with Gasteiger partial charge in [-0.15, -0.1) is 11.3 Å². The fourth-order valence-electron chi connectivity index (χ4n) is 12.7. The van der Waals surface area contributed by atoms with Crippen LogP contribution in [0, 0.1) is 22.7 Å². The van der Waals surface area contributed by atoms with Gasteiger partial charge in [-0.05, 0) is 122 Å². The number of carbonyl (C=O) groups is 12. The third kappa shape index (κ3) is 30.9. The number of aliphatic carboxylic acids is 1. The molecule has 1 saturated heterocycles. The summed E-state index contributed by atoms with van der Waals surface area (Å²) in [7, 11) is 1.92. The van der Waals surface area contributed by atoms with Crippen LogP contribution in [0.15, 0.2) is 92.1 Å². The molecule has 626 valence electrons. The molecular weight excluding hydrogens is 1530 g/mol. The van der Waals surface area contributed by atoms with Crippen molar-refractivity contribution in [2.75, 3.05) is 31.9 Å². The molecule has 5 rings (SSSR count). The number of fused-ring (bicyclic) bond motifs is 2. The molecule has 38 heteroatoms. The highest BCUT2D eigenvalue weighted by molar-refractivity contribution is 8.77. The molecular formula is C76H115N21O14S3. The summed E-state index contributed by atoms with van der Waals surface area (Å²) in [4.78, 5) is 193. The molecule has 114 heavy (non-hydrogen) atoms. The van der Waals surface area contributed by atoms with Crippen LogP contribution in [-0.4, -0.2) is 202 Å². The van der Waals surface area contributed by atoms with Gasteiger partial charge in [0, 0.05) is 74.0 Å². The summed E-state index contributed by atoms with van der Waals surface area (Å²) in [5.74, 6) is -14.9. The summed E-state index contributed by atoms with van der Waals surface area (Å²) in [5.41, 5.74) is 44.1. The number of thiophene rings is 1. The molecule has 0 radical (unpaired) electrons. The van der Waals surface area contributed by atoms with Gasteiger partial charge in [-0.25, -0.2) is 0 Å². The lowest BCUT2D eigenvalue weighted by Crippen LogP contribution is -2.64. The van der Waals surface area contributed by atoms with Crippen LogP contribution in [0.3, 0.4) is 0 Å². The van der Waals surface area contributed by atoms with E-state index in [1.54, 1.807) is 72.9 Å². The lowest BCUT2D eigenvalue weighted by molar-refractivity contribution is -0.148. The number of nitrogens with zero attached hydrogens (tertiary/aromatic N) is 4. The summed E-state index contributed by atoms with van der Waals surface area (Å²) >= 11 is 1.36.